The highest BCUT2D eigenvalue weighted by Gasteiger charge is 2.23. The maximum absolute atomic E-state index is 11.9. The van der Waals surface area contributed by atoms with E-state index in [-0.39, 0.29) is 11.6 Å². The summed E-state index contributed by atoms with van der Waals surface area (Å²) in [6.45, 7) is 1.06. The molecule has 112 valence electrons. The lowest BCUT2D eigenvalue weighted by Crippen LogP contribution is -2.44. The maximum Gasteiger partial charge on any atom is 0.330 e. The third-order valence-electron chi connectivity index (χ3n) is 2.55. The van der Waals surface area contributed by atoms with Crippen LogP contribution in [0.3, 0.4) is 0 Å². The molecule has 0 fully saturated rings. The Morgan fingerprint density at radius 2 is 2.14 bits per heavy atom. The fourth-order valence-electron chi connectivity index (χ4n) is 1.51. The summed E-state index contributed by atoms with van der Waals surface area (Å²) >= 11 is 0. The largest absolute Gasteiger partial charge is 0.467 e. The van der Waals surface area contributed by atoms with E-state index in [2.05, 4.69) is 20.0 Å². The van der Waals surface area contributed by atoms with Gasteiger partial charge in [0.25, 0.3) is 5.91 Å². The van der Waals surface area contributed by atoms with Gasteiger partial charge in [-0.05, 0) is 0 Å². The number of methoxy groups -OCH3 is 1. The Labute approximate surface area is 118 Å². The molecule has 9 nitrogen and oxygen atoms in total. The SMILES string of the molecule is COC(=O)C(CO)NC(=O)c1coc(-c2coc(C)n2)n1. The molecule has 0 radical (unpaired) electrons. The van der Waals surface area contributed by atoms with Gasteiger partial charge in [0.05, 0.1) is 13.7 Å². The van der Waals surface area contributed by atoms with Crippen LogP contribution in [0.4, 0.5) is 0 Å². The summed E-state index contributed by atoms with van der Waals surface area (Å²) in [5, 5.41) is 11.3. The van der Waals surface area contributed by atoms with Crippen molar-refractivity contribution >= 4 is 11.9 Å². The molecule has 0 aliphatic rings. The number of hydrogen-bond donors (Lipinski definition) is 2. The normalized spacial score (nSPS) is 12.0. The summed E-state index contributed by atoms with van der Waals surface area (Å²) in [7, 11) is 1.15. The number of esters is 1. The second-order valence-electron chi connectivity index (χ2n) is 4.02. The minimum atomic E-state index is -1.17. The van der Waals surface area contributed by atoms with Crippen LogP contribution in [-0.4, -0.2) is 46.7 Å². The van der Waals surface area contributed by atoms with Crippen molar-refractivity contribution in [1.82, 2.24) is 15.3 Å². The van der Waals surface area contributed by atoms with Crippen molar-refractivity contribution in [1.29, 1.82) is 0 Å². The first-order chi connectivity index (χ1) is 10.0. The second kappa shape index (κ2) is 6.18. The zero-order chi connectivity index (χ0) is 15.4. The van der Waals surface area contributed by atoms with E-state index in [0.717, 1.165) is 13.4 Å². The van der Waals surface area contributed by atoms with E-state index in [1.54, 1.807) is 6.92 Å². The highest BCUT2D eigenvalue weighted by Crippen LogP contribution is 2.17. The second-order valence-corrected chi connectivity index (χ2v) is 4.02. The first kappa shape index (κ1) is 14.7. The van der Waals surface area contributed by atoms with Crippen LogP contribution in [0.2, 0.25) is 0 Å². The molecule has 0 aliphatic heterocycles. The first-order valence-corrected chi connectivity index (χ1v) is 5.92. The van der Waals surface area contributed by atoms with Gasteiger partial charge in [-0.3, -0.25) is 4.79 Å². The Morgan fingerprint density at radius 3 is 2.71 bits per heavy atom. The highest BCUT2D eigenvalue weighted by atomic mass is 16.5. The monoisotopic (exact) mass is 295 g/mol. The molecule has 2 aromatic rings. The third kappa shape index (κ3) is 3.26. The van der Waals surface area contributed by atoms with Crippen LogP contribution in [0.25, 0.3) is 11.6 Å². The van der Waals surface area contributed by atoms with Crippen LogP contribution < -0.4 is 5.32 Å². The number of aromatic nitrogens is 2. The van der Waals surface area contributed by atoms with Crippen molar-refractivity contribution < 1.29 is 28.3 Å². The smallest absolute Gasteiger partial charge is 0.330 e. The van der Waals surface area contributed by atoms with Crippen LogP contribution in [0.15, 0.2) is 21.4 Å². The molecule has 0 saturated carbocycles. The number of carbonyl (C=O) groups is 2. The molecule has 21 heavy (non-hydrogen) atoms. The molecular weight excluding hydrogens is 282 g/mol. The van der Waals surface area contributed by atoms with Gasteiger partial charge in [-0.1, -0.05) is 0 Å². The van der Waals surface area contributed by atoms with Gasteiger partial charge >= 0.3 is 5.97 Å². The zero-order valence-electron chi connectivity index (χ0n) is 11.3. The van der Waals surface area contributed by atoms with E-state index in [0.29, 0.717) is 11.6 Å². The van der Waals surface area contributed by atoms with Crippen molar-refractivity contribution in [3.05, 3.63) is 24.1 Å². The van der Waals surface area contributed by atoms with Gasteiger partial charge in [-0.2, -0.15) is 0 Å². The van der Waals surface area contributed by atoms with Crippen LogP contribution >= 0.6 is 0 Å². The molecule has 1 unspecified atom stereocenters. The van der Waals surface area contributed by atoms with Gasteiger partial charge in [0, 0.05) is 6.92 Å². The lowest BCUT2D eigenvalue weighted by atomic mass is 10.3. The van der Waals surface area contributed by atoms with Gasteiger partial charge in [0.1, 0.15) is 12.5 Å². The molecule has 1 amide bonds. The number of ether oxygens (including phenoxy) is 1. The standard InChI is InChI=1S/C12H13N3O6/c1-6-13-9(5-20-6)11-15-8(4-21-11)10(17)14-7(3-16)12(18)19-2/h4-5,7,16H,3H2,1-2H3,(H,14,17). The summed E-state index contributed by atoms with van der Waals surface area (Å²) in [5.74, 6) is -0.910. The van der Waals surface area contributed by atoms with E-state index in [1.807, 2.05) is 0 Å². The molecule has 2 rings (SSSR count). The Kier molecular flexibility index (Phi) is 4.33. The Morgan fingerprint density at radius 1 is 1.38 bits per heavy atom. The molecule has 2 N–H and O–H groups in total. The van der Waals surface area contributed by atoms with Gasteiger partial charge in [-0.15, -0.1) is 0 Å². The van der Waals surface area contributed by atoms with Crippen LogP contribution in [-0.2, 0) is 9.53 Å². The Bertz CT molecular complexity index is 647. The van der Waals surface area contributed by atoms with Crippen LogP contribution in [0.1, 0.15) is 16.4 Å². The lowest BCUT2D eigenvalue weighted by Gasteiger charge is -2.12. The van der Waals surface area contributed by atoms with E-state index >= 15 is 0 Å². The summed E-state index contributed by atoms with van der Waals surface area (Å²) in [6, 6.07) is -1.17. The summed E-state index contributed by atoms with van der Waals surface area (Å²) < 4.78 is 14.6. The molecule has 1 atom stereocenters. The third-order valence-corrected chi connectivity index (χ3v) is 2.55. The van der Waals surface area contributed by atoms with Gasteiger partial charge in [0.2, 0.25) is 5.89 Å². The van der Waals surface area contributed by atoms with E-state index in [1.165, 1.54) is 6.26 Å². The maximum atomic E-state index is 11.9. The average Bonchev–Trinajstić information content (AvgIpc) is 3.12. The summed E-state index contributed by atoms with van der Waals surface area (Å²) in [6.07, 6.45) is 2.45. The number of carbonyl (C=O) groups excluding carboxylic acids is 2. The summed E-state index contributed by atoms with van der Waals surface area (Å²) in [4.78, 5) is 31.1. The van der Waals surface area contributed by atoms with Crippen molar-refractivity contribution in [3.63, 3.8) is 0 Å². The molecule has 0 spiro atoms. The molecule has 0 saturated heterocycles. The van der Waals surface area contributed by atoms with Crippen LogP contribution in [0, 0.1) is 6.92 Å². The quantitative estimate of drug-likeness (QED) is 0.732. The lowest BCUT2D eigenvalue weighted by molar-refractivity contribution is -0.143. The number of rotatable bonds is 5. The molecule has 0 aliphatic carbocycles. The fraction of sp³-hybridized carbons (Fsp3) is 0.333. The first-order valence-electron chi connectivity index (χ1n) is 5.92. The van der Waals surface area contributed by atoms with E-state index in [9.17, 15) is 9.59 Å². The molecule has 2 heterocycles. The Balaban J connectivity index is 2.10. The van der Waals surface area contributed by atoms with Crippen molar-refractivity contribution in [2.24, 2.45) is 0 Å². The number of amides is 1. The number of nitrogens with one attached hydrogen (secondary N) is 1. The van der Waals surface area contributed by atoms with Gasteiger partial charge < -0.3 is 24.0 Å². The van der Waals surface area contributed by atoms with E-state index < -0.39 is 24.5 Å². The van der Waals surface area contributed by atoms with Crippen LogP contribution in [0.5, 0.6) is 0 Å². The number of aliphatic hydroxyl groups excluding tert-OH is 1. The fourth-order valence-corrected chi connectivity index (χ4v) is 1.51. The predicted octanol–water partition coefficient (Wildman–Crippen LogP) is -0.0983. The molecule has 9 heteroatoms. The number of oxazole rings is 2. The van der Waals surface area contributed by atoms with E-state index in [4.69, 9.17) is 13.9 Å². The topological polar surface area (TPSA) is 128 Å². The highest BCUT2D eigenvalue weighted by molar-refractivity contribution is 5.95. The molecule has 2 aromatic heterocycles. The molecular formula is C12H13N3O6. The zero-order valence-corrected chi connectivity index (χ0v) is 11.3. The predicted molar refractivity (Wildman–Crippen MR) is 67.1 cm³/mol. The minimum absolute atomic E-state index is 0.0620. The van der Waals surface area contributed by atoms with Crippen molar-refractivity contribution in [2.75, 3.05) is 13.7 Å². The average molecular weight is 295 g/mol. The molecule has 0 bridgehead atoms. The number of aliphatic hydroxyl groups is 1. The van der Waals surface area contributed by atoms with Gasteiger partial charge in [0.15, 0.2) is 23.3 Å². The summed E-state index contributed by atoms with van der Waals surface area (Å²) in [5.41, 5.74) is 0.284. The van der Waals surface area contributed by atoms with Crippen molar-refractivity contribution in [2.45, 2.75) is 13.0 Å². The minimum Gasteiger partial charge on any atom is -0.467 e. The number of hydrogen-bond acceptors (Lipinski definition) is 8. The van der Waals surface area contributed by atoms with Crippen molar-refractivity contribution in [3.8, 4) is 11.6 Å². The number of nitrogens with zero attached hydrogens (tertiary/aromatic N) is 2. The number of aryl methyl sites for hydroxylation is 1. The van der Waals surface area contributed by atoms with Gasteiger partial charge in [-0.25, -0.2) is 14.8 Å². The Hall–Kier alpha value is -2.68. The molecule has 0 aromatic carbocycles.